The Bertz CT molecular complexity index is 711. The Balaban J connectivity index is 2.60. The van der Waals surface area contributed by atoms with Crippen molar-refractivity contribution in [3.8, 4) is 0 Å². The van der Waals surface area contributed by atoms with E-state index in [2.05, 4.69) is 4.98 Å². The summed E-state index contributed by atoms with van der Waals surface area (Å²) in [5.74, 6) is -0.387. The average Bonchev–Trinajstić information content (AvgIpc) is 2.70. The fraction of sp³-hybridized carbons (Fsp3) is 0.308. The van der Waals surface area contributed by atoms with Crippen LogP contribution in [0.5, 0.6) is 0 Å². The summed E-state index contributed by atoms with van der Waals surface area (Å²) in [6, 6.07) is 7.33. The molecule has 0 aliphatic heterocycles. The summed E-state index contributed by atoms with van der Waals surface area (Å²) in [7, 11) is -3.46. The van der Waals surface area contributed by atoms with Crippen molar-refractivity contribution in [3.05, 3.63) is 36.0 Å². The van der Waals surface area contributed by atoms with Gasteiger partial charge in [0.15, 0.2) is 15.6 Å². The Hall–Kier alpha value is -1.62. The summed E-state index contributed by atoms with van der Waals surface area (Å²) in [5, 5.41) is 0.749. The molecule has 4 nitrogen and oxygen atoms in total. The van der Waals surface area contributed by atoms with E-state index in [1.807, 2.05) is 18.2 Å². The molecular formula is C13H15NO3S. The summed E-state index contributed by atoms with van der Waals surface area (Å²) >= 11 is 0. The van der Waals surface area contributed by atoms with Crippen molar-refractivity contribution >= 4 is 26.5 Å². The second-order valence-electron chi connectivity index (χ2n) is 4.86. The monoisotopic (exact) mass is 265 g/mol. The first-order chi connectivity index (χ1) is 8.25. The number of aromatic amines is 1. The number of rotatable bonds is 3. The van der Waals surface area contributed by atoms with Crippen LogP contribution in [0.15, 0.2) is 30.5 Å². The summed E-state index contributed by atoms with van der Waals surface area (Å²) in [6.07, 6.45) is 2.65. The molecule has 0 saturated carbocycles. The van der Waals surface area contributed by atoms with Gasteiger partial charge >= 0.3 is 0 Å². The number of nitrogens with one attached hydrogen (secondary N) is 1. The van der Waals surface area contributed by atoms with Crippen LogP contribution in [0.4, 0.5) is 0 Å². The smallest absolute Gasteiger partial charge is 0.185 e. The van der Waals surface area contributed by atoms with Crippen molar-refractivity contribution in [2.24, 2.45) is 0 Å². The topological polar surface area (TPSA) is 67.0 Å². The van der Waals surface area contributed by atoms with Gasteiger partial charge in [-0.15, -0.1) is 0 Å². The molecule has 0 spiro atoms. The molecule has 0 bridgehead atoms. The lowest BCUT2D eigenvalue weighted by molar-refractivity contribution is 0.0956. The van der Waals surface area contributed by atoms with Crippen LogP contribution in [-0.2, 0) is 9.84 Å². The van der Waals surface area contributed by atoms with Gasteiger partial charge in [0.1, 0.15) is 4.75 Å². The number of sulfone groups is 1. The van der Waals surface area contributed by atoms with Crippen molar-refractivity contribution in [1.29, 1.82) is 0 Å². The maximum Gasteiger partial charge on any atom is 0.185 e. The van der Waals surface area contributed by atoms with E-state index in [4.69, 9.17) is 0 Å². The van der Waals surface area contributed by atoms with Crippen LogP contribution in [0.3, 0.4) is 0 Å². The number of carbonyl (C=O) groups is 1. The molecule has 1 N–H and O–H groups in total. The minimum atomic E-state index is -3.46. The summed E-state index contributed by atoms with van der Waals surface area (Å²) < 4.78 is 22.0. The van der Waals surface area contributed by atoms with Crippen molar-refractivity contribution in [1.82, 2.24) is 4.98 Å². The largest absolute Gasteiger partial charge is 0.360 e. The molecule has 0 fully saturated rings. The van der Waals surface area contributed by atoms with Crippen LogP contribution in [0.2, 0.25) is 0 Å². The third-order valence-electron chi connectivity index (χ3n) is 3.31. The zero-order chi connectivity index (χ0) is 13.6. The van der Waals surface area contributed by atoms with Gasteiger partial charge in [-0.05, 0) is 19.9 Å². The maximum absolute atomic E-state index is 12.4. The first-order valence-corrected chi connectivity index (χ1v) is 7.45. The standard InChI is InChI=1S/C13H15NO3S/c1-13(2,18(3,16)17)12(15)10-8-14-11-7-5-4-6-9(10)11/h4-8,14H,1-3H3. The van der Waals surface area contributed by atoms with Gasteiger partial charge in [-0.25, -0.2) is 8.42 Å². The number of Topliss-reactive ketones (excluding diaryl/α,β-unsaturated/α-hetero) is 1. The highest BCUT2D eigenvalue weighted by Crippen LogP contribution is 2.26. The highest BCUT2D eigenvalue weighted by Gasteiger charge is 2.39. The normalized spacial score (nSPS) is 12.8. The average molecular weight is 265 g/mol. The third kappa shape index (κ3) is 1.84. The lowest BCUT2D eigenvalue weighted by Crippen LogP contribution is -2.39. The SMILES string of the molecule is CC(C)(C(=O)c1c[nH]c2ccccc12)S(C)(=O)=O. The molecule has 0 amide bonds. The van der Waals surface area contributed by atoms with Crippen LogP contribution in [0, 0.1) is 0 Å². The molecule has 2 rings (SSSR count). The minimum absolute atomic E-state index is 0.387. The van der Waals surface area contributed by atoms with E-state index < -0.39 is 14.6 Å². The number of fused-ring (bicyclic) bond motifs is 1. The molecule has 1 aromatic carbocycles. The van der Waals surface area contributed by atoms with Gasteiger partial charge in [-0.2, -0.15) is 0 Å². The molecule has 2 aromatic rings. The lowest BCUT2D eigenvalue weighted by Gasteiger charge is -2.20. The first-order valence-electron chi connectivity index (χ1n) is 5.55. The molecule has 5 heteroatoms. The number of ketones is 1. The number of para-hydroxylation sites is 1. The molecule has 1 aromatic heterocycles. The molecular weight excluding hydrogens is 250 g/mol. The van der Waals surface area contributed by atoms with Crippen LogP contribution < -0.4 is 0 Å². The highest BCUT2D eigenvalue weighted by atomic mass is 32.2. The van der Waals surface area contributed by atoms with Crippen molar-refractivity contribution in [3.63, 3.8) is 0 Å². The van der Waals surface area contributed by atoms with E-state index in [9.17, 15) is 13.2 Å². The Labute approximate surface area is 106 Å². The van der Waals surface area contributed by atoms with Gasteiger partial charge in [-0.3, -0.25) is 4.79 Å². The Morgan fingerprint density at radius 1 is 1.22 bits per heavy atom. The van der Waals surface area contributed by atoms with Gasteiger partial charge in [0.25, 0.3) is 0 Å². The number of hydrogen-bond donors (Lipinski definition) is 1. The Morgan fingerprint density at radius 3 is 2.44 bits per heavy atom. The zero-order valence-electron chi connectivity index (χ0n) is 10.5. The van der Waals surface area contributed by atoms with E-state index in [-0.39, 0.29) is 5.78 Å². The fourth-order valence-corrected chi connectivity index (χ4v) is 2.20. The van der Waals surface area contributed by atoms with Gasteiger partial charge in [0.05, 0.1) is 0 Å². The van der Waals surface area contributed by atoms with Gasteiger partial charge in [0, 0.05) is 28.9 Å². The van der Waals surface area contributed by atoms with E-state index in [1.54, 1.807) is 12.3 Å². The molecule has 18 heavy (non-hydrogen) atoms. The summed E-state index contributed by atoms with van der Waals surface area (Å²) in [4.78, 5) is 15.4. The molecule has 0 saturated heterocycles. The van der Waals surface area contributed by atoms with Crippen LogP contribution in [0.25, 0.3) is 10.9 Å². The predicted molar refractivity (Wildman–Crippen MR) is 71.6 cm³/mol. The van der Waals surface area contributed by atoms with Gasteiger partial charge < -0.3 is 4.98 Å². The zero-order valence-corrected chi connectivity index (χ0v) is 11.3. The molecule has 0 unspecified atom stereocenters. The summed E-state index contributed by atoms with van der Waals surface area (Å²) in [6.45, 7) is 2.87. The summed E-state index contributed by atoms with van der Waals surface area (Å²) in [5.41, 5.74) is 1.24. The van der Waals surface area contributed by atoms with E-state index in [1.165, 1.54) is 13.8 Å². The molecule has 1 heterocycles. The van der Waals surface area contributed by atoms with Crippen molar-refractivity contribution in [2.75, 3.05) is 6.26 Å². The lowest BCUT2D eigenvalue weighted by atomic mass is 10.00. The van der Waals surface area contributed by atoms with Gasteiger partial charge in [-0.1, -0.05) is 18.2 Å². The molecule has 0 aliphatic rings. The Kier molecular flexibility index (Phi) is 2.81. The molecule has 0 atom stereocenters. The number of hydrogen-bond acceptors (Lipinski definition) is 3. The third-order valence-corrected chi connectivity index (χ3v) is 5.35. The van der Waals surface area contributed by atoms with Crippen LogP contribution in [-0.4, -0.2) is 30.2 Å². The van der Waals surface area contributed by atoms with Crippen molar-refractivity contribution in [2.45, 2.75) is 18.6 Å². The number of H-pyrrole nitrogens is 1. The number of aromatic nitrogens is 1. The van der Waals surface area contributed by atoms with Crippen molar-refractivity contribution < 1.29 is 13.2 Å². The Morgan fingerprint density at radius 2 is 1.83 bits per heavy atom. The fourth-order valence-electron chi connectivity index (χ4n) is 1.75. The van der Waals surface area contributed by atoms with Crippen LogP contribution >= 0.6 is 0 Å². The minimum Gasteiger partial charge on any atom is -0.360 e. The van der Waals surface area contributed by atoms with E-state index in [0.717, 1.165) is 17.2 Å². The predicted octanol–water partition coefficient (Wildman–Crippen LogP) is 2.17. The molecule has 0 radical (unpaired) electrons. The maximum atomic E-state index is 12.4. The van der Waals surface area contributed by atoms with Gasteiger partial charge in [0.2, 0.25) is 0 Å². The number of benzene rings is 1. The van der Waals surface area contributed by atoms with E-state index in [0.29, 0.717) is 5.56 Å². The first kappa shape index (κ1) is 12.8. The quantitative estimate of drug-likeness (QED) is 0.865. The van der Waals surface area contributed by atoms with E-state index >= 15 is 0 Å². The molecule has 96 valence electrons. The number of carbonyl (C=O) groups excluding carboxylic acids is 1. The van der Waals surface area contributed by atoms with Crippen LogP contribution in [0.1, 0.15) is 24.2 Å². The molecule has 0 aliphatic carbocycles. The second-order valence-corrected chi connectivity index (χ2v) is 7.42. The second kappa shape index (κ2) is 3.95. The highest BCUT2D eigenvalue weighted by molar-refractivity contribution is 7.92.